The van der Waals surface area contributed by atoms with Crippen LogP contribution in [0, 0.1) is 13.8 Å². The summed E-state index contributed by atoms with van der Waals surface area (Å²) in [6, 6.07) is 13.5. The maximum atomic E-state index is 12.2. The molecule has 5 nitrogen and oxygen atoms in total. The minimum absolute atomic E-state index is 0.240. The number of hydrazine groups is 1. The number of nitrogens with zero attached hydrogens (tertiary/aromatic N) is 1. The number of aryl methyl sites for hydroxylation is 2. The molecule has 0 atom stereocenters. The summed E-state index contributed by atoms with van der Waals surface area (Å²) in [6.07, 6.45) is 0. The van der Waals surface area contributed by atoms with E-state index in [9.17, 15) is 9.59 Å². The standard InChI is InChI=1S/C21H27N3O2S/c1-5-24(6-2)18-10-8-17(9-11-18)21(26)23-22-20(25)14-27-19-12-7-15(3)16(4)13-19/h7-13H,5-6,14H2,1-4H3,(H,22,25)(H,23,26). The highest BCUT2D eigenvalue weighted by molar-refractivity contribution is 8.00. The first-order valence-electron chi connectivity index (χ1n) is 9.08. The number of benzene rings is 2. The molecule has 0 aliphatic rings. The molecular weight excluding hydrogens is 358 g/mol. The van der Waals surface area contributed by atoms with Gasteiger partial charge in [0.05, 0.1) is 5.75 Å². The second kappa shape index (κ2) is 10.0. The van der Waals surface area contributed by atoms with E-state index in [-0.39, 0.29) is 17.6 Å². The lowest BCUT2D eigenvalue weighted by atomic mass is 10.1. The first-order chi connectivity index (χ1) is 12.9. The lowest BCUT2D eigenvalue weighted by Crippen LogP contribution is -2.42. The molecule has 0 aliphatic heterocycles. The smallest absolute Gasteiger partial charge is 0.269 e. The predicted octanol–water partition coefficient (Wildman–Crippen LogP) is 3.70. The third-order valence-electron chi connectivity index (χ3n) is 4.42. The van der Waals surface area contributed by atoms with Gasteiger partial charge in [-0.05, 0) is 75.2 Å². The van der Waals surface area contributed by atoms with Gasteiger partial charge in [0.25, 0.3) is 5.91 Å². The van der Waals surface area contributed by atoms with Gasteiger partial charge in [0, 0.05) is 29.2 Å². The van der Waals surface area contributed by atoms with Crippen LogP contribution in [0.3, 0.4) is 0 Å². The molecule has 27 heavy (non-hydrogen) atoms. The number of thioether (sulfide) groups is 1. The Balaban J connectivity index is 1.82. The number of anilines is 1. The third-order valence-corrected chi connectivity index (χ3v) is 5.42. The van der Waals surface area contributed by atoms with E-state index < -0.39 is 0 Å². The van der Waals surface area contributed by atoms with Gasteiger partial charge in [-0.3, -0.25) is 20.4 Å². The normalized spacial score (nSPS) is 10.4. The van der Waals surface area contributed by atoms with Crippen molar-refractivity contribution in [2.24, 2.45) is 0 Å². The topological polar surface area (TPSA) is 61.4 Å². The molecule has 0 saturated carbocycles. The highest BCUT2D eigenvalue weighted by atomic mass is 32.2. The molecule has 0 fully saturated rings. The summed E-state index contributed by atoms with van der Waals surface area (Å²) in [6.45, 7) is 10.1. The van der Waals surface area contributed by atoms with Crippen molar-refractivity contribution in [1.29, 1.82) is 0 Å². The Morgan fingerprint density at radius 2 is 1.59 bits per heavy atom. The van der Waals surface area contributed by atoms with Crippen molar-refractivity contribution in [3.05, 3.63) is 59.2 Å². The van der Waals surface area contributed by atoms with Gasteiger partial charge in [0.1, 0.15) is 0 Å². The van der Waals surface area contributed by atoms with Gasteiger partial charge in [-0.2, -0.15) is 0 Å². The van der Waals surface area contributed by atoms with Crippen molar-refractivity contribution in [3.8, 4) is 0 Å². The largest absolute Gasteiger partial charge is 0.372 e. The van der Waals surface area contributed by atoms with Gasteiger partial charge in [-0.15, -0.1) is 11.8 Å². The minimum atomic E-state index is -0.328. The molecule has 2 aromatic rings. The zero-order chi connectivity index (χ0) is 19.8. The Hall–Kier alpha value is -2.47. The summed E-state index contributed by atoms with van der Waals surface area (Å²) < 4.78 is 0. The highest BCUT2D eigenvalue weighted by Crippen LogP contribution is 2.20. The Morgan fingerprint density at radius 1 is 0.926 bits per heavy atom. The lowest BCUT2D eigenvalue weighted by molar-refractivity contribution is -0.119. The number of amides is 2. The number of rotatable bonds is 7. The molecule has 0 radical (unpaired) electrons. The molecule has 144 valence electrons. The first kappa shape index (κ1) is 20.8. The number of nitrogens with one attached hydrogen (secondary N) is 2. The van der Waals surface area contributed by atoms with E-state index in [1.165, 1.54) is 22.9 Å². The fourth-order valence-corrected chi connectivity index (χ4v) is 3.39. The average molecular weight is 386 g/mol. The van der Waals surface area contributed by atoms with Crippen LogP contribution in [0.15, 0.2) is 47.4 Å². The second-order valence-corrected chi connectivity index (χ2v) is 7.30. The van der Waals surface area contributed by atoms with Crippen molar-refractivity contribution in [3.63, 3.8) is 0 Å². The Kier molecular flexibility index (Phi) is 7.73. The molecule has 2 amide bonds. The van der Waals surface area contributed by atoms with Gasteiger partial charge in [-0.1, -0.05) is 6.07 Å². The van der Waals surface area contributed by atoms with Crippen LogP contribution in [0.2, 0.25) is 0 Å². The monoisotopic (exact) mass is 385 g/mol. The second-order valence-electron chi connectivity index (χ2n) is 6.26. The predicted molar refractivity (Wildman–Crippen MR) is 112 cm³/mol. The van der Waals surface area contributed by atoms with Crippen LogP contribution in [-0.2, 0) is 4.79 Å². The zero-order valence-corrected chi connectivity index (χ0v) is 17.2. The summed E-state index contributed by atoms with van der Waals surface area (Å²) in [4.78, 5) is 27.4. The van der Waals surface area contributed by atoms with E-state index in [0.29, 0.717) is 5.56 Å². The number of carbonyl (C=O) groups is 2. The first-order valence-corrected chi connectivity index (χ1v) is 10.1. The van der Waals surface area contributed by atoms with Crippen molar-refractivity contribution >= 4 is 29.3 Å². The van der Waals surface area contributed by atoms with Gasteiger partial charge < -0.3 is 4.90 Å². The number of hydrogen-bond acceptors (Lipinski definition) is 4. The maximum absolute atomic E-state index is 12.2. The Morgan fingerprint density at radius 3 is 2.19 bits per heavy atom. The number of carbonyl (C=O) groups excluding carboxylic acids is 2. The average Bonchev–Trinajstić information content (AvgIpc) is 2.68. The van der Waals surface area contributed by atoms with Crippen LogP contribution in [0.1, 0.15) is 35.3 Å². The molecule has 0 unspecified atom stereocenters. The molecule has 2 rings (SSSR count). The van der Waals surface area contributed by atoms with E-state index >= 15 is 0 Å². The van der Waals surface area contributed by atoms with Gasteiger partial charge in [0.2, 0.25) is 5.91 Å². The molecule has 0 saturated heterocycles. The fraction of sp³-hybridized carbons (Fsp3) is 0.333. The van der Waals surface area contributed by atoms with Crippen LogP contribution in [-0.4, -0.2) is 30.7 Å². The van der Waals surface area contributed by atoms with Gasteiger partial charge in [0.15, 0.2) is 0 Å². The van der Waals surface area contributed by atoms with E-state index in [2.05, 4.69) is 42.6 Å². The molecule has 0 aromatic heterocycles. The van der Waals surface area contributed by atoms with Crippen LogP contribution >= 0.6 is 11.8 Å². The fourth-order valence-electron chi connectivity index (χ4n) is 2.60. The Bertz CT molecular complexity index is 787. The molecule has 0 heterocycles. The van der Waals surface area contributed by atoms with Crippen molar-refractivity contribution in [2.45, 2.75) is 32.6 Å². The van der Waals surface area contributed by atoms with E-state index in [1.807, 2.05) is 31.2 Å². The highest BCUT2D eigenvalue weighted by Gasteiger charge is 2.09. The summed E-state index contributed by atoms with van der Waals surface area (Å²) in [7, 11) is 0. The van der Waals surface area contributed by atoms with Gasteiger partial charge >= 0.3 is 0 Å². The van der Waals surface area contributed by atoms with Gasteiger partial charge in [-0.25, -0.2) is 0 Å². The van der Waals surface area contributed by atoms with E-state index in [1.54, 1.807) is 12.1 Å². The zero-order valence-electron chi connectivity index (χ0n) is 16.3. The van der Waals surface area contributed by atoms with E-state index in [4.69, 9.17) is 0 Å². The molecule has 2 aromatic carbocycles. The summed E-state index contributed by atoms with van der Waals surface area (Å²) >= 11 is 1.44. The van der Waals surface area contributed by atoms with Crippen molar-refractivity contribution in [1.82, 2.24) is 10.9 Å². The SMILES string of the molecule is CCN(CC)c1ccc(C(=O)NNC(=O)CSc2ccc(C)c(C)c2)cc1. The number of hydrogen-bond donors (Lipinski definition) is 2. The third kappa shape index (κ3) is 6.03. The molecular formula is C21H27N3O2S. The minimum Gasteiger partial charge on any atom is -0.372 e. The molecule has 6 heteroatoms. The summed E-state index contributed by atoms with van der Waals surface area (Å²) in [5.41, 5.74) is 8.94. The van der Waals surface area contributed by atoms with Crippen LogP contribution in [0.5, 0.6) is 0 Å². The van der Waals surface area contributed by atoms with Crippen LogP contribution in [0.4, 0.5) is 5.69 Å². The van der Waals surface area contributed by atoms with Crippen LogP contribution < -0.4 is 15.8 Å². The molecule has 0 spiro atoms. The van der Waals surface area contributed by atoms with Crippen LogP contribution in [0.25, 0.3) is 0 Å². The summed E-state index contributed by atoms with van der Waals surface area (Å²) in [5.74, 6) is -0.332. The van der Waals surface area contributed by atoms with Crippen molar-refractivity contribution < 1.29 is 9.59 Å². The molecule has 0 aliphatic carbocycles. The molecule has 2 N–H and O–H groups in total. The Labute approximate surface area is 165 Å². The maximum Gasteiger partial charge on any atom is 0.269 e. The van der Waals surface area contributed by atoms with E-state index in [0.717, 1.165) is 23.7 Å². The lowest BCUT2D eigenvalue weighted by Gasteiger charge is -2.21. The quantitative estimate of drug-likeness (QED) is 0.563. The van der Waals surface area contributed by atoms with Crippen molar-refractivity contribution in [2.75, 3.05) is 23.7 Å². The summed E-state index contributed by atoms with van der Waals surface area (Å²) in [5, 5.41) is 0. The molecule has 0 bridgehead atoms.